The number of carbonyl (C=O) groups excluding carboxylic acids is 1. The fraction of sp³-hybridized carbons (Fsp3) is 0.222. The number of rotatable bonds is 7. The lowest BCUT2D eigenvalue weighted by atomic mass is 9.12. The molecule has 0 aliphatic carbocycles. The molecule has 0 radical (unpaired) electrons. The highest BCUT2D eigenvalue weighted by Crippen LogP contribution is 2.41. The van der Waals surface area contributed by atoms with Crippen LogP contribution in [0.3, 0.4) is 0 Å². The van der Waals surface area contributed by atoms with Crippen LogP contribution in [0.5, 0.6) is 0 Å². The topological polar surface area (TPSA) is 33.8 Å². The van der Waals surface area contributed by atoms with E-state index in [-0.39, 0.29) is 5.78 Å². The van der Waals surface area contributed by atoms with Crippen molar-refractivity contribution in [3.05, 3.63) is 177 Å². The number of carbonyl (C=O) groups is 1. The molecule has 73 heavy (non-hydrogen) atoms. The first-order valence-electron chi connectivity index (χ1n) is 19.8. The highest BCUT2D eigenvalue weighted by Gasteiger charge is 2.47. The van der Waals surface area contributed by atoms with Crippen molar-refractivity contribution in [1.82, 2.24) is 4.98 Å². The SMILES string of the molecule is CC(=O)c1ccccc1C[n+]1ccncc1.FC(F)(F)c1cc([B-](c2cc(C(F)(F)F)cc(C(F)(F)F)c2)(c2cc(C(F)(F)F)cc(C(F)(F)F)c2)c2cc(C(F)(F)F)cc(C(F)(F)F)c2)cc(C(F)(F)F)c1. The Hall–Kier alpha value is -6.77. The van der Waals surface area contributed by atoms with Gasteiger partial charge in [-0.3, -0.25) is 9.78 Å². The number of hydrogen-bond acceptors (Lipinski definition) is 2. The molecule has 6 aromatic rings. The molecule has 0 N–H and O–H groups in total. The summed E-state index contributed by atoms with van der Waals surface area (Å²) in [6.07, 6.45) is -47.6. The van der Waals surface area contributed by atoms with E-state index in [4.69, 9.17) is 0 Å². The molecule has 28 heteroatoms. The third kappa shape index (κ3) is 13.3. The van der Waals surface area contributed by atoms with Crippen LogP contribution < -0.4 is 26.4 Å². The number of nitrogens with zero attached hydrogens (tertiary/aromatic N) is 2. The summed E-state index contributed by atoms with van der Waals surface area (Å²) in [7, 11) is 0. The fourth-order valence-corrected chi connectivity index (χ4v) is 7.72. The first-order valence-corrected chi connectivity index (χ1v) is 19.8. The van der Waals surface area contributed by atoms with Gasteiger partial charge in [-0.15, -0.1) is 0 Å². The molecule has 1 heterocycles. The number of ketones is 1. The minimum atomic E-state index is -6.13. The Morgan fingerprint density at radius 2 is 0.630 bits per heavy atom. The van der Waals surface area contributed by atoms with Gasteiger partial charge in [0.25, 0.3) is 0 Å². The van der Waals surface area contributed by atoms with E-state index in [0.29, 0.717) is 6.54 Å². The molecule has 0 saturated carbocycles. The summed E-state index contributed by atoms with van der Waals surface area (Å²) >= 11 is 0. The second-order valence-corrected chi connectivity index (χ2v) is 15.9. The van der Waals surface area contributed by atoms with Crippen molar-refractivity contribution in [3.63, 3.8) is 0 Å². The number of aromatic nitrogens is 2. The largest absolute Gasteiger partial charge is 0.416 e. The smallest absolute Gasteiger partial charge is 0.294 e. The maximum absolute atomic E-state index is 14.2. The van der Waals surface area contributed by atoms with Crippen LogP contribution in [0.1, 0.15) is 67.4 Å². The predicted octanol–water partition coefficient (Wildman–Crippen LogP) is 12.8. The summed E-state index contributed by atoms with van der Waals surface area (Å²) in [5.41, 5.74) is -28.4. The number of halogens is 24. The minimum Gasteiger partial charge on any atom is -0.294 e. The van der Waals surface area contributed by atoms with Gasteiger partial charge in [-0.05, 0) is 31.2 Å². The van der Waals surface area contributed by atoms with Gasteiger partial charge in [0.05, 0.1) is 56.9 Å². The summed E-state index contributed by atoms with van der Waals surface area (Å²) in [5.74, 6) is 0.102. The average Bonchev–Trinajstić information content (AvgIpc) is 3.24. The van der Waals surface area contributed by atoms with Crippen LogP contribution in [-0.4, -0.2) is 16.9 Å². The van der Waals surface area contributed by atoms with E-state index in [1.807, 2.05) is 41.2 Å². The Balaban J connectivity index is 0.000000520. The van der Waals surface area contributed by atoms with Crippen molar-refractivity contribution < 1.29 is 115 Å². The summed E-state index contributed by atoms with van der Waals surface area (Å²) in [5, 5.41) is 0. The van der Waals surface area contributed by atoms with Gasteiger partial charge >= 0.3 is 49.4 Å². The standard InChI is InChI=1S/C32H12BF24.C13H13N2O/c34-25(35,36)13-1-14(26(37,38)39)6-21(5-13)33(22-7-15(27(40,41)42)2-16(8-22)28(43,44)45,23-9-17(29(46,47)48)3-18(10-23)30(49,50)51)24-11-19(31(52,53)54)4-20(12-24)32(55,56)57;1-11(16)13-5-3-2-4-12(13)10-15-8-6-14-7-9-15/h1-12H;2-9H,10H2,1H3/q-1;+1. The molecule has 6 rings (SSSR count). The second kappa shape index (κ2) is 19.6. The van der Waals surface area contributed by atoms with E-state index >= 15 is 0 Å². The van der Waals surface area contributed by atoms with Crippen LogP contribution in [-0.2, 0) is 56.0 Å². The summed E-state index contributed by atoms with van der Waals surface area (Å²) in [6, 6.07) is -1.14. The van der Waals surface area contributed by atoms with Crippen molar-refractivity contribution in [1.29, 1.82) is 0 Å². The molecule has 0 saturated heterocycles. The number of alkyl halides is 24. The molecule has 0 aliphatic rings. The van der Waals surface area contributed by atoms with Crippen LogP contribution in [0.4, 0.5) is 105 Å². The highest BCUT2D eigenvalue weighted by atomic mass is 19.4. The Morgan fingerprint density at radius 1 is 0.397 bits per heavy atom. The number of benzene rings is 5. The van der Waals surface area contributed by atoms with E-state index in [2.05, 4.69) is 4.98 Å². The lowest BCUT2D eigenvalue weighted by Crippen LogP contribution is -2.75. The molecule has 1 aromatic heterocycles. The van der Waals surface area contributed by atoms with Crippen LogP contribution in [0.25, 0.3) is 0 Å². The van der Waals surface area contributed by atoms with E-state index in [1.165, 1.54) is 0 Å². The van der Waals surface area contributed by atoms with Crippen molar-refractivity contribution in [2.75, 3.05) is 0 Å². The van der Waals surface area contributed by atoms with Crippen LogP contribution >= 0.6 is 0 Å². The van der Waals surface area contributed by atoms with Gasteiger partial charge in [0.15, 0.2) is 24.7 Å². The first kappa shape index (κ1) is 57.1. The maximum atomic E-state index is 14.2. The molecular formula is C45H25BF24N2O. The molecule has 0 aliphatic heterocycles. The maximum Gasteiger partial charge on any atom is 0.416 e. The number of Topliss-reactive ketones (excluding diaryl/α,β-unsaturated/α-hetero) is 1. The zero-order valence-electron chi connectivity index (χ0n) is 35.7. The molecule has 0 unspecified atom stereocenters. The van der Waals surface area contributed by atoms with Gasteiger partial charge < -0.3 is 0 Å². The normalized spacial score (nSPS) is 13.4. The van der Waals surface area contributed by atoms with E-state index < -0.39 is 195 Å². The molecular weight excluding hydrogens is 1050 g/mol. The zero-order valence-corrected chi connectivity index (χ0v) is 35.7. The molecule has 392 valence electrons. The Morgan fingerprint density at radius 3 is 0.849 bits per heavy atom. The van der Waals surface area contributed by atoms with Gasteiger partial charge in [0, 0.05) is 11.1 Å². The minimum absolute atomic E-state index is 0.102. The third-order valence-corrected chi connectivity index (χ3v) is 10.9. The van der Waals surface area contributed by atoms with Gasteiger partial charge in [0.1, 0.15) is 6.15 Å². The predicted molar refractivity (Wildman–Crippen MR) is 210 cm³/mol. The van der Waals surface area contributed by atoms with Crippen LogP contribution in [0.2, 0.25) is 0 Å². The quantitative estimate of drug-likeness (QED) is 0.0691. The van der Waals surface area contributed by atoms with Gasteiger partial charge in [-0.2, -0.15) is 132 Å². The van der Waals surface area contributed by atoms with Gasteiger partial charge in [-0.25, -0.2) is 0 Å². The third-order valence-electron chi connectivity index (χ3n) is 10.9. The summed E-state index contributed by atoms with van der Waals surface area (Å²) in [4.78, 5) is 15.4. The van der Waals surface area contributed by atoms with Crippen LogP contribution in [0.15, 0.2) is 122 Å². The second-order valence-electron chi connectivity index (χ2n) is 15.9. The van der Waals surface area contributed by atoms with E-state index in [1.54, 1.807) is 19.3 Å². The van der Waals surface area contributed by atoms with Gasteiger partial charge in [-0.1, -0.05) is 72.8 Å². The summed E-state index contributed by atoms with van der Waals surface area (Å²) < 4.78 is 343. The molecule has 3 nitrogen and oxygen atoms in total. The monoisotopic (exact) mass is 1080 g/mol. The van der Waals surface area contributed by atoms with Crippen LogP contribution in [0, 0.1) is 0 Å². The zero-order chi connectivity index (χ0) is 55.3. The van der Waals surface area contributed by atoms with Gasteiger partial charge in [0.2, 0.25) is 0 Å². The summed E-state index contributed by atoms with van der Waals surface area (Å²) in [6.45, 7) is 2.29. The van der Waals surface area contributed by atoms with Crippen molar-refractivity contribution >= 4 is 33.8 Å². The molecule has 0 spiro atoms. The van der Waals surface area contributed by atoms with Crippen molar-refractivity contribution in [2.24, 2.45) is 0 Å². The Bertz CT molecular complexity index is 2520. The highest BCUT2D eigenvalue weighted by molar-refractivity contribution is 7.20. The molecule has 5 aromatic carbocycles. The average molecular weight is 1080 g/mol. The van der Waals surface area contributed by atoms with E-state index in [0.717, 1.165) is 11.1 Å². The fourth-order valence-electron chi connectivity index (χ4n) is 7.72. The Labute approximate surface area is 393 Å². The molecule has 0 bridgehead atoms. The van der Waals surface area contributed by atoms with E-state index in [9.17, 15) is 110 Å². The number of hydrogen-bond donors (Lipinski definition) is 0. The van der Waals surface area contributed by atoms with Crippen molar-refractivity contribution in [3.8, 4) is 0 Å². The molecule has 0 atom stereocenters. The molecule has 0 amide bonds. The Kier molecular flexibility index (Phi) is 15.3. The first-order chi connectivity index (χ1) is 33.0. The lowest BCUT2D eigenvalue weighted by molar-refractivity contribution is -0.688. The lowest BCUT2D eigenvalue weighted by Gasteiger charge is -2.46. The molecule has 0 fully saturated rings. The van der Waals surface area contributed by atoms with Crippen molar-refractivity contribution in [2.45, 2.75) is 62.9 Å².